The smallest absolute Gasteiger partial charge is 0.0233 e. The van der Waals surface area contributed by atoms with Crippen molar-refractivity contribution in [3.63, 3.8) is 0 Å². The van der Waals surface area contributed by atoms with Crippen molar-refractivity contribution in [1.82, 2.24) is 0 Å². The molecule has 69 heavy (non-hydrogen) atoms. The van der Waals surface area contributed by atoms with Crippen molar-refractivity contribution < 1.29 is 0 Å². The van der Waals surface area contributed by atoms with E-state index < -0.39 is 0 Å². The van der Waals surface area contributed by atoms with Crippen LogP contribution in [0.5, 0.6) is 0 Å². The van der Waals surface area contributed by atoms with E-state index in [1.807, 2.05) is 52.8 Å². The molecule has 0 aliphatic heterocycles. The van der Waals surface area contributed by atoms with Gasteiger partial charge in [0.1, 0.15) is 0 Å². The molecule has 6 aromatic carbocycles. The van der Waals surface area contributed by atoms with Gasteiger partial charge in [0.05, 0.1) is 0 Å². The second-order valence-electron chi connectivity index (χ2n) is 18.5. The van der Waals surface area contributed by atoms with Crippen LogP contribution in [0.25, 0.3) is 26.3 Å². The van der Waals surface area contributed by atoms with Crippen LogP contribution < -0.4 is 20.9 Å². The maximum absolute atomic E-state index is 3.90. The van der Waals surface area contributed by atoms with Gasteiger partial charge >= 0.3 is 0 Å². The van der Waals surface area contributed by atoms with E-state index >= 15 is 0 Å². The van der Waals surface area contributed by atoms with Gasteiger partial charge in [0.15, 0.2) is 0 Å². The first kappa shape index (κ1) is 65.9. The minimum atomic E-state index is 1.04. The van der Waals surface area contributed by atoms with Gasteiger partial charge in [0, 0.05) is 0 Å². The second-order valence-corrected chi connectivity index (χ2v) is 18.5. The van der Waals surface area contributed by atoms with Gasteiger partial charge in [-0.15, -0.1) is 0 Å². The van der Waals surface area contributed by atoms with E-state index in [-0.39, 0.29) is 0 Å². The lowest BCUT2D eigenvalue weighted by atomic mass is 9.97. The average Bonchev–Trinajstić information content (AvgIpc) is 3.30. The molecule has 0 fully saturated rings. The molecule has 378 valence electrons. The Bertz CT molecular complexity index is 2470. The highest BCUT2D eigenvalue weighted by Crippen LogP contribution is 2.18. The standard InChI is InChI=1S/2C12H18.2C11H16.C10H12.C9H10.2C2H6/c2*1-5-6-12-8-9(2)7-10(3)11(12)4;2*1-4-5-11-7-6-9(2)10(3)8-11;1-7-5-8(2)10(4)9(3)6-7;1-7-4-5-8(2)9(3)6-7;2*1-2/h2*7-8H,5-6H2,1-4H3;2*6-8H,4-5H2,1-3H3;5-6H,2,4H2,1,3H3;4-6H,1-2H2,3H3;2*1-2H3. The average molecular weight is 932 g/mol. The highest BCUT2D eigenvalue weighted by atomic mass is 14.1. The van der Waals surface area contributed by atoms with Crippen LogP contribution in [0.4, 0.5) is 0 Å². The third-order valence-electron chi connectivity index (χ3n) is 12.2. The van der Waals surface area contributed by atoms with Crippen molar-refractivity contribution in [1.29, 1.82) is 0 Å². The Morgan fingerprint density at radius 3 is 0.986 bits per heavy atom. The van der Waals surface area contributed by atoms with E-state index in [0.717, 1.165) is 20.9 Å². The molecule has 0 aliphatic rings. The number of hydrogen-bond donors (Lipinski definition) is 0. The van der Waals surface area contributed by atoms with E-state index in [1.54, 1.807) is 0 Å². The normalized spacial score (nSPS) is 9.64. The van der Waals surface area contributed by atoms with Gasteiger partial charge in [-0.25, -0.2) is 0 Å². The predicted molar refractivity (Wildman–Crippen MR) is 319 cm³/mol. The summed E-state index contributed by atoms with van der Waals surface area (Å²) in [6, 6.07) is 32.7. The Balaban J connectivity index is 0. The fourth-order valence-corrected chi connectivity index (χ4v) is 7.65. The summed E-state index contributed by atoms with van der Waals surface area (Å²) >= 11 is 0. The SMILES string of the molecule is C=c1cc(C)cc(C)c1=C.C=c1ccc(=C)c(C)c1.CC.CC.CCCc1cc(C)cc(C)c1C.CCCc1cc(C)cc(C)c1C.CCCc1ccc(C)c(C)c1.CCCc1ccc(C)c(C)c1. The monoisotopic (exact) mass is 931 g/mol. The highest BCUT2D eigenvalue weighted by molar-refractivity contribution is 5.38. The number of hydrogen-bond acceptors (Lipinski definition) is 0. The van der Waals surface area contributed by atoms with Crippen LogP contribution in [0, 0.1) is 90.0 Å². The van der Waals surface area contributed by atoms with Crippen molar-refractivity contribution in [2.45, 2.75) is 197 Å². The van der Waals surface area contributed by atoms with Crippen LogP contribution in [0.2, 0.25) is 0 Å². The zero-order chi connectivity index (χ0) is 53.4. The largest absolute Gasteiger partial charge is 0.0918 e. The third-order valence-corrected chi connectivity index (χ3v) is 12.2. The zero-order valence-electron chi connectivity index (χ0n) is 48.6. The summed E-state index contributed by atoms with van der Waals surface area (Å²) in [5.41, 5.74) is 23.9. The van der Waals surface area contributed by atoms with Crippen molar-refractivity contribution >= 4 is 26.3 Å². The molecule has 6 aromatic rings. The van der Waals surface area contributed by atoms with E-state index in [2.05, 4.69) is 210 Å². The maximum Gasteiger partial charge on any atom is -0.0233 e. The Hall–Kier alpha value is -5.20. The molecular formula is C69H102. The van der Waals surface area contributed by atoms with Crippen LogP contribution in [-0.4, -0.2) is 0 Å². The molecule has 0 heteroatoms. The molecule has 0 N–H and O–H groups in total. The van der Waals surface area contributed by atoms with Crippen LogP contribution in [0.3, 0.4) is 0 Å². The van der Waals surface area contributed by atoms with Crippen LogP contribution >= 0.6 is 0 Å². The van der Waals surface area contributed by atoms with Gasteiger partial charge in [-0.2, -0.15) is 0 Å². The zero-order valence-corrected chi connectivity index (χ0v) is 48.6. The fourth-order valence-electron chi connectivity index (χ4n) is 7.65. The highest BCUT2D eigenvalue weighted by Gasteiger charge is 2.02. The lowest BCUT2D eigenvalue weighted by molar-refractivity contribution is 0.908. The lowest BCUT2D eigenvalue weighted by Crippen LogP contribution is -2.24. The third kappa shape index (κ3) is 26.4. The summed E-state index contributed by atoms with van der Waals surface area (Å²) in [5.74, 6) is 0. The molecule has 0 nitrogen and oxygen atoms in total. The lowest BCUT2D eigenvalue weighted by Gasteiger charge is -2.08. The van der Waals surface area contributed by atoms with Crippen LogP contribution in [-0.2, 0) is 25.7 Å². The van der Waals surface area contributed by atoms with Gasteiger partial charge in [-0.05, 0) is 214 Å². The van der Waals surface area contributed by atoms with E-state index in [0.29, 0.717) is 0 Å². The molecule has 0 heterocycles. The molecule has 0 atom stereocenters. The first-order chi connectivity index (χ1) is 32.6. The summed E-state index contributed by atoms with van der Waals surface area (Å²) in [7, 11) is 0. The van der Waals surface area contributed by atoms with Crippen molar-refractivity contribution in [3.05, 3.63) is 206 Å². The molecule has 0 unspecified atom stereocenters. The summed E-state index contributed by atoms with van der Waals surface area (Å²) in [4.78, 5) is 0. The molecule has 0 saturated heterocycles. The summed E-state index contributed by atoms with van der Waals surface area (Å²) in [5, 5.41) is 4.24. The molecule has 0 spiro atoms. The molecule has 6 rings (SSSR count). The van der Waals surface area contributed by atoms with Crippen molar-refractivity contribution in [3.8, 4) is 0 Å². The van der Waals surface area contributed by atoms with Gasteiger partial charge in [-0.3, -0.25) is 0 Å². The molecule has 0 saturated carbocycles. The summed E-state index contributed by atoms with van der Waals surface area (Å²) < 4.78 is 0. The molecular weight excluding hydrogens is 829 g/mol. The summed E-state index contributed by atoms with van der Waals surface area (Å²) in [6.45, 7) is 60.3. The van der Waals surface area contributed by atoms with Gasteiger partial charge < -0.3 is 0 Å². The summed E-state index contributed by atoms with van der Waals surface area (Å²) in [6.07, 6.45) is 9.81. The van der Waals surface area contributed by atoms with E-state index in [9.17, 15) is 0 Å². The quantitative estimate of drug-likeness (QED) is 0.143. The Labute approximate surface area is 427 Å². The van der Waals surface area contributed by atoms with Crippen molar-refractivity contribution in [2.75, 3.05) is 0 Å². The molecule has 0 bridgehead atoms. The minimum Gasteiger partial charge on any atom is -0.0918 e. The van der Waals surface area contributed by atoms with Crippen LogP contribution in [0.1, 0.15) is 176 Å². The van der Waals surface area contributed by atoms with Gasteiger partial charge in [0.25, 0.3) is 0 Å². The fraction of sp³-hybridized carbons (Fsp3) is 0.420. The molecule has 0 radical (unpaired) electrons. The Kier molecular flexibility index (Phi) is 35.1. The topological polar surface area (TPSA) is 0 Å². The van der Waals surface area contributed by atoms with Gasteiger partial charge in [-0.1, -0.05) is 215 Å². The Morgan fingerprint density at radius 2 is 0.667 bits per heavy atom. The minimum absolute atomic E-state index is 1.04. The molecule has 0 aromatic heterocycles. The molecule has 0 amide bonds. The van der Waals surface area contributed by atoms with Crippen LogP contribution in [0.15, 0.2) is 91.0 Å². The first-order valence-electron chi connectivity index (χ1n) is 26.3. The first-order valence-corrected chi connectivity index (χ1v) is 26.3. The molecule has 0 aliphatic carbocycles. The second kappa shape index (κ2) is 36.7. The number of rotatable bonds is 8. The maximum atomic E-state index is 3.90. The van der Waals surface area contributed by atoms with E-state index in [4.69, 9.17) is 0 Å². The van der Waals surface area contributed by atoms with E-state index in [1.165, 1.54) is 146 Å². The predicted octanol–water partition coefficient (Wildman–Crippen LogP) is 17.6. The Morgan fingerprint density at radius 1 is 0.304 bits per heavy atom. The van der Waals surface area contributed by atoms with Gasteiger partial charge in [0.2, 0.25) is 0 Å². The van der Waals surface area contributed by atoms with Crippen molar-refractivity contribution in [2.24, 2.45) is 0 Å². The number of aryl methyl sites for hydroxylation is 15. The number of benzene rings is 6.